The van der Waals surface area contributed by atoms with Gasteiger partial charge in [0.1, 0.15) is 0 Å². The Morgan fingerprint density at radius 3 is 2.78 bits per heavy atom. The van der Waals surface area contributed by atoms with E-state index in [9.17, 15) is 4.79 Å². The van der Waals surface area contributed by atoms with Gasteiger partial charge in [-0.25, -0.2) is 0 Å². The SMILES string of the molecule is COc1c(N)cccc1C(=O)NCCCC(C)C. The average Bonchev–Trinajstić information content (AvgIpc) is 2.33. The van der Waals surface area contributed by atoms with E-state index in [4.69, 9.17) is 10.5 Å². The third-order valence-corrected chi connectivity index (χ3v) is 2.74. The predicted molar refractivity (Wildman–Crippen MR) is 73.8 cm³/mol. The summed E-state index contributed by atoms with van der Waals surface area (Å²) in [7, 11) is 1.52. The molecule has 0 aliphatic heterocycles. The third kappa shape index (κ3) is 3.95. The van der Waals surface area contributed by atoms with E-state index in [-0.39, 0.29) is 5.91 Å². The Hall–Kier alpha value is -1.71. The second kappa shape index (κ2) is 6.89. The molecule has 1 aromatic rings. The molecule has 0 saturated carbocycles. The second-order valence-electron chi connectivity index (χ2n) is 4.72. The Labute approximate surface area is 109 Å². The zero-order valence-corrected chi connectivity index (χ0v) is 11.3. The summed E-state index contributed by atoms with van der Waals surface area (Å²) in [5, 5.41) is 2.88. The summed E-state index contributed by atoms with van der Waals surface area (Å²) in [4.78, 5) is 12.0. The summed E-state index contributed by atoms with van der Waals surface area (Å²) in [6, 6.07) is 5.18. The molecule has 18 heavy (non-hydrogen) atoms. The lowest BCUT2D eigenvalue weighted by Gasteiger charge is -2.11. The van der Waals surface area contributed by atoms with E-state index in [0.717, 1.165) is 12.8 Å². The lowest BCUT2D eigenvalue weighted by molar-refractivity contribution is 0.0949. The van der Waals surface area contributed by atoms with Crippen LogP contribution in [-0.4, -0.2) is 19.6 Å². The molecule has 0 aliphatic rings. The molecule has 4 heteroatoms. The Kier molecular flexibility index (Phi) is 5.49. The van der Waals surface area contributed by atoms with Gasteiger partial charge in [-0.1, -0.05) is 19.9 Å². The van der Waals surface area contributed by atoms with E-state index >= 15 is 0 Å². The molecule has 4 nitrogen and oxygen atoms in total. The van der Waals surface area contributed by atoms with Crippen molar-refractivity contribution in [3.8, 4) is 5.75 Å². The summed E-state index contributed by atoms with van der Waals surface area (Å²) in [5.74, 6) is 0.963. The first-order valence-corrected chi connectivity index (χ1v) is 6.27. The first kappa shape index (κ1) is 14.4. The number of anilines is 1. The summed E-state index contributed by atoms with van der Waals surface area (Å²) < 4.78 is 5.16. The van der Waals surface area contributed by atoms with Crippen LogP contribution in [0.4, 0.5) is 5.69 Å². The van der Waals surface area contributed by atoms with Gasteiger partial charge in [0.15, 0.2) is 5.75 Å². The number of hydrogen-bond acceptors (Lipinski definition) is 3. The molecule has 1 amide bonds. The van der Waals surface area contributed by atoms with E-state index in [1.807, 2.05) is 0 Å². The molecule has 100 valence electrons. The Morgan fingerprint density at radius 1 is 1.44 bits per heavy atom. The second-order valence-corrected chi connectivity index (χ2v) is 4.72. The molecule has 0 saturated heterocycles. The van der Waals surface area contributed by atoms with Crippen molar-refractivity contribution in [1.29, 1.82) is 0 Å². The Morgan fingerprint density at radius 2 is 2.17 bits per heavy atom. The fourth-order valence-corrected chi connectivity index (χ4v) is 1.77. The van der Waals surface area contributed by atoms with E-state index in [2.05, 4.69) is 19.2 Å². The maximum Gasteiger partial charge on any atom is 0.255 e. The highest BCUT2D eigenvalue weighted by atomic mass is 16.5. The number of nitrogens with two attached hydrogens (primary N) is 1. The first-order chi connectivity index (χ1) is 8.56. The highest BCUT2D eigenvalue weighted by Gasteiger charge is 2.13. The van der Waals surface area contributed by atoms with Crippen molar-refractivity contribution < 1.29 is 9.53 Å². The highest BCUT2D eigenvalue weighted by molar-refractivity contribution is 5.98. The minimum Gasteiger partial charge on any atom is -0.494 e. The van der Waals surface area contributed by atoms with Crippen molar-refractivity contribution in [1.82, 2.24) is 5.32 Å². The van der Waals surface area contributed by atoms with Crippen LogP contribution in [-0.2, 0) is 0 Å². The summed E-state index contributed by atoms with van der Waals surface area (Å²) in [6.45, 7) is 5.01. The molecule has 0 radical (unpaired) electrons. The van der Waals surface area contributed by atoms with E-state index in [0.29, 0.717) is 29.5 Å². The molecule has 0 aromatic heterocycles. The van der Waals surface area contributed by atoms with Crippen molar-refractivity contribution >= 4 is 11.6 Å². The summed E-state index contributed by atoms with van der Waals surface area (Å²) in [6.07, 6.45) is 2.09. The molecule has 0 bridgehead atoms. The lowest BCUT2D eigenvalue weighted by Crippen LogP contribution is -2.25. The van der Waals surface area contributed by atoms with Crippen LogP contribution in [0.25, 0.3) is 0 Å². The quantitative estimate of drug-likeness (QED) is 0.602. The first-order valence-electron chi connectivity index (χ1n) is 6.27. The smallest absolute Gasteiger partial charge is 0.255 e. The van der Waals surface area contributed by atoms with Crippen LogP contribution < -0.4 is 15.8 Å². The number of rotatable bonds is 6. The number of amides is 1. The predicted octanol–water partition coefficient (Wildman–Crippen LogP) is 2.44. The number of nitrogens with one attached hydrogen (secondary N) is 1. The molecule has 0 unspecified atom stereocenters. The zero-order valence-electron chi connectivity index (χ0n) is 11.3. The van der Waals surface area contributed by atoms with Gasteiger partial charge in [0.2, 0.25) is 0 Å². The average molecular weight is 250 g/mol. The molecule has 0 atom stereocenters. The van der Waals surface area contributed by atoms with Crippen molar-refractivity contribution in [2.24, 2.45) is 5.92 Å². The number of carbonyl (C=O) groups is 1. The molecule has 1 rings (SSSR count). The van der Waals surface area contributed by atoms with Crippen LogP contribution in [0.1, 0.15) is 37.0 Å². The number of carbonyl (C=O) groups excluding carboxylic acids is 1. The number of methoxy groups -OCH3 is 1. The zero-order chi connectivity index (χ0) is 13.5. The highest BCUT2D eigenvalue weighted by Crippen LogP contribution is 2.25. The number of nitrogen functional groups attached to an aromatic ring is 1. The van der Waals surface area contributed by atoms with E-state index < -0.39 is 0 Å². The number of ether oxygens (including phenoxy) is 1. The van der Waals surface area contributed by atoms with Crippen LogP contribution in [0.15, 0.2) is 18.2 Å². The molecule has 0 fully saturated rings. The van der Waals surface area contributed by atoms with Crippen molar-refractivity contribution in [3.05, 3.63) is 23.8 Å². The number of hydrogen-bond donors (Lipinski definition) is 2. The molecular formula is C14H22N2O2. The van der Waals surface area contributed by atoms with Crippen LogP contribution >= 0.6 is 0 Å². The van der Waals surface area contributed by atoms with Gasteiger partial charge in [-0.3, -0.25) is 4.79 Å². The van der Waals surface area contributed by atoms with Gasteiger partial charge in [0, 0.05) is 6.54 Å². The normalized spacial score (nSPS) is 10.4. The summed E-state index contributed by atoms with van der Waals surface area (Å²) >= 11 is 0. The monoisotopic (exact) mass is 250 g/mol. The van der Waals surface area contributed by atoms with E-state index in [1.165, 1.54) is 7.11 Å². The third-order valence-electron chi connectivity index (χ3n) is 2.74. The standard InChI is InChI=1S/C14H22N2O2/c1-10(2)6-5-9-16-14(17)11-7-4-8-12(15)13(11)18-3/h4,7-8,10H,5-6,9,15H2,1-3H3,(H,16,17). The van der Waals surface area contributed by atoms with Crippen LogP contribution in [0, 0.1) is 5.92 Å². The molecule has 0 aliphatic carbocycles. The minimum atomic E-state index is -0.136. The largest absolute Gasteiger partial charge is 0.494 e. The van der Waals surface area contributed by atoms with Gasteiger partial charge in [-0.2, -0.15) is 0 Å². The van der Waals surface area contributed by atoms with Crippen LogP contribution in [0.3, 0.4) is 0 Å². The molecule has 0 heterocycles. The van der Waals surface area contributed by atoms with E-state index in [1.54, 1.807) is 18.2 Å². The van der Waals surface area contributed by atoms with Gasteiger partial charge in [0.05, 0.1) is 18.4 Å². The van der Waals surface area contributed by atoms with Crippen molar-refractivity contribution in [2.75, 3.05) is 19.4 Å². The topological polar surface area (TPSA) is 64.3 Å². The Bertz CT molecular complexity index is 403. The maximum atomic E-state index is 12.0. The van der Waals surface area contributed by atoms with Crippen molar-refractivity contribution in [2.45, 2.75) is 26.7 Å². The molecule has 0 spiro atoms. The van der Waals surface area contributed by atoms with Crippen LogP contribution in [0.2, 0.25) is 0 Å². The lowest BCUT2D eigenvalue weighted by atomic mass is 10.1. The van der Waals surface area contributed by atoms with Gasteiger partial charge in [-0.05, 0) is 30.9 Å². The maximum absolute atomic E-state index is 12.0. The minimum absolute atomic E-state index is 0.136. The number of benzene rings is 1. The molecule has 3 N–H and O–H groups in total. The summed E-state index contributed by atoms with van der Waals surface area (Å²) in [5.41, 5.74) is 6.73. The molecule has 1 aromatic carbocycles. The van der Waals surface area contributed by atoms with Gasteiger partial charge in [-0.15, -0.1) is 0 Å². The fourth-order valence-electron chi connectivity index (χ4n) is 1.77. The fraction of sp³-hybridized carbons (Fsp3) is 0.500. The van der Waals surface area contributed by atoms with Crippen LogP contribution in [0.5, 0.6) is 5.75 Å². The van der Waals surface area contributed by atoms with Crippen molar-refractivity contribution in [3.63, 3.8) is 0 Å². The van der Waals surface area contributed by atoms with Gasteiger partial charge in [0.25, 0.3) is 5.91 Å². The Balaban J connectivity index is 2.59. The van der Waals surface area contributed by atoms with Gasteiger partial charge >= 0.3 is 0 Å². The molecular weight excluding hydrogens is 228 g/mol. The van der Waals surface area contributed by atoms with Gasteiger partial charge < -0.3 is 15.8 Å². The number of para-hydroxylation sites is 1.